The summed E-state index contributed by atoms with van der Waals surface area (Å²) in [5.41, 5.74) is 0.990. The molecule has 168 valence electrons. The average molecular weight is 436 g/mol. The molecule has 1 amide bonds. The summed E-state index contributed by atoms with van der Waals surface area (Å²) in [6, 6.07) is 10.1. The summed E-state index contributed by atoms with van der Waals surface area (Å²) in [5.74, 6) is -0.810. The number of nitrogens with zero attached hydrogens (tertiary/aromatic N) is 2. The molecular weight excluding hydrogens is 409 g/mol. The Balaban J connectivity index is 1.66. The Labute approximate surface area is 180 Å². The van der Waals surface area contributed by atoms with Crippen LogP contribution in [0.3, 0.4) is 0 Å². The Hall–Kier alpha value is -2.74. The number of hydrogen-bond acceptors (Lipinski definition) is 4. The fraction of sp³-hybridized carbons (Fsp3) is 0.435. The Bertz CT molecular complexity index is 856. The minimum Gasteiger partial charge on any atom is -0.491 e. The van der Waals surface area contributed by atoms with Crippen molar-refractivity contribution in [3.8, 4) is 5.75 Å². The molecule has 0 radical (unpaired) electrons. The minimum atomic E-state index is -0.686. The van der Waals surface area contributed by atoms with Crippen molar-refractivity contribution in [2.75, 3.05) is 33.4 Å². The lowest BCUT2D eigenvalue weighted by Crippen LogP contribution is -2.46. The van der Waals surface area contributed by atoms with Crippen LogP contribution in [0.15, 0.2) is 42.5 Å². The molecule has 1 heterocycles. The van der Waals surface area contributed by atoms with Gasteiger partial charge < -0.3 is 19.3 Å². The van der Waals surface area contributed by atoms with Crippen LogP contribution in [0.5, 0.6) is 5.75 Å². The van der Waals surface area contributed by atoms with Crippen molar-refractivity contribution in [2.45, 2.75) is 32.0 Å². The lowest BCUT2D eigenvalue weighted by molar-refractivity contribution is 0.0599. The van der Waals surface area contributed by atoms with Crippen LogP contribution >= 0.6 is 0 Å². The van der Waals surface area contributed by atoms with E-state index >= 15 is 0 Å². The molecule has 0 N–H and O–H groups in total. The van der Waals surface area contributed by atoms with Crippen molar-refractivity contribution in [1.82, 2.24) is 9.80 Å². The summed E-state index contributed by atoms with van der Waals surface area (Å²) in [6.45, 7) is 1.11. The summed E-state index contributed by atoms with van der Waals surface area (Å²) in [5, 5.41) is 0. The molecule has 0 aliphatic carbocycles. The van der Waals surface area contributed by atoms with E-state index in [-0.39, 0.29) is 31.4 Å². The zero-order valence-corrected chi connectivity index (χ0v) is 17.5. The average Bonchev–Trinajstić information content (AvgIpc) is 2.77. The summed E-state index contributed by atoms with van der Waals surface area (Å²) in [6.07, 6.45) is 0.945. The number of hydrogen-bond donors (Lipinski definition) is 0. The molecule has 3 rings (SSSR count). The zero-order chi connectivity index (χ0) is 22.2. The molecule has 2 aromatic carbocycles. The van der Waals surface area contributed by atoms with E-state index in [0.29, 0.717) is 5.75 Å². The Morgan fingerprint density at radius 3 is 2.48 bits per heavy atom. The van der Waals surface area contributed by atoms with Gasteiger partial charge in [0.25, 0.3) is 0 Å². The van der Waals surface area contributed by atoms with Gasteiger partial charge in [-0.25, -0.2) is 18.0 Å². The smallest absolute Gasteiger partial charge is 0.410 e. The van der Waals surface area contributed by atoms with E-state index in [2.05, 4.69) is 4.90 Å². The molecule has 8 heteroatoms. The van der Waals surface area contributed by atoms with Crippen molar-refractivity contribution in [3.05, 3.63) is 65.2 Å². The highest BCUT2D eigenvalue weighted by Gasteiger charge is 2.29. The molecule has 1 saturated heterocycles. The van der Waals surface area contributed by atoms with E-state index in [1.54, 1.807) is 24.3 Å². The molecule has 0 saturated carbocycles. The predicted molar refractivity (Wildman–Crippen MR) is 111 cm³/mol. The zero-order valence-electron chi connectivity index (χ0n) is 17.5. The van der Waals surface area contributed by atoms with Gasteiger partial charge in [0.2, 0.25) is 0 Å². The number of piperidine rings is 1. The molecule has 1 fully saturated rings. The second-order valence-corrected chi connectivity index (χ2v) is 7.63. The first-order chi connectivity index (χ1) is 15.0. The van der Waals surface area contributed by atoms with Gasteiger partial charge >= 0.3 is 6.09 Å². The summed E-state index contributed by atoms with van der Waals surface area (Å²) >= 11 is 0. The fourth-order valence-corrected chi connectivity index (χ4v) is 3.55. The number of benzene rings is 2. The van der Waals surface area contributed by atoms with Crippen molar-refractivity contribution >= 4 is 6.09 Å². The van der Waals surface area contributed by atoms with Crippen molar-refractivity contribution in [1.29, 1.82) is 0 Å². The van der Waals surface area contributed by atoms with Crippen LogP contribution in [0.2, 0.25) is 0 Å². The molecule has 2 aromatic rings. The monoisotopic (exact) mass is 436 g/mol. The predicted octanol–water partition coefficient (Wildman–Crippen LogP) is 4.55. The molecule has 0 unspecified atom stereocenters. The Morgan fingerprint density at radius 2 is 1.84 bits per heavy atom. The molecular formula is C23H27F3N2O3. The summed E-state index contributed by atoms with van der Waals surface area (Å²) in [7, 11) is 2.01. The summed E-state index contributed by atoms with van der Waals surface area (Å²) < 4.78 is 50.4. The van der Waals surface area contributed by atoms with E-state index in [4.69, 9.17) is 9.47 Å². The first kappa shape index (κ1) is 22.9. The molecule has 0 spiro atoms. The van der Waals surface area contributed by atoms with Gasteiger partial charge in [0.05, 0.1) is 6.54 Å². The highest BCUT2D eigenvalue weighted by Crippen LogP contribution is 2.22. The largest absolute Gasteiger partial charge is 0.491 e. The van der Waals surface area contributed by atoms with Crippen LogP contribution in [0.1, 0.15) is 24.0 Å². The number of likely N-dealkylation sites (tertiary alicyclic amines) is 1. The summed E-state index contributed by atoms with van der Waals surface area (Å²) in [4.78, 5) is 16.6. The third-order valence-electron chi connectivity index (χ3n) is 5.35. The lowest BCUT2D eigenvalue weighted by atomic mass is 10.0. The number of carbonyl (C=O) groups is 1. The minimum absolute atomic E-state index is 0.00926. The maximum absolute atomic E-state index is 14.2. The number of rotatable bonds is 8. The number of carbonyl (C=O) groups excluding carboxylic acids is 1. The van der Waals surface area contributed by atoms with Gasteiger partial charge in [-0.1, -0.05) is 18.2 Å². The van der Waals surface area contributed by atoms with Gasteiger partial charge in [0, 0.05) is 17.7 Å². The number of halogens is 3. The maximum Gasteiger partial charge on any atom is 0.410 e. The number of amides is 1. The standard InChI is InChI=1S/C23H27F3N2O3/c1-27-11-8-20(9-12-27)28(15-18-4-5-19(25)14-22(18)26)23(29)31-16-17-2-6-21(7-3-17)30-13-10-24/h2-7,14,20H,8-13,15-16H2,1H3. The normalized spacial score (nSPS) is 15.0. The van der Waals surface area contributed by atoms with Gasteiger partial charge in [0.15, 0.2) is 0 Å². The van der Waals surface area contributed by atoms with E-state index in [1.165, 1.54) is 17.0 Å². The van der Waals surface area contributed by atoms with E-state index in [9.17, 15) is 18.0 Å². The SMILES string of the molecule is CN1CCC(N(Cc2ccc(F)cc2F)C(=O)OCc2ccc(OCCF)cc2)CC1. The Morgan fingerprint density at radius 1 is 1.13 bits per heavy atom. The van der Waals surface area contributed by atoms with E-state index in [1.807, 2.05) is 7.05 Å². The molecule has 31 heavy (non-hydrogen) atoms. The number of alkyl halides is 1. The maximum atomic E-state index is 14.2. The first-order valence-corrected chi connectivity index (χ1v) is 10.3. The number of ether oxygens (including phenoxy) is 2. The third-order valence-corrected chi connectivity index (χ3v) is 5.35. The molecule has 5 nitrogen and oxygen atoms in total. The highest BCUT2D eigenvalue weighted by molar-refractivity contribution is 5.68. The van der Waals surface area contributed by atoms with Gasteiger partial charge in [-0.3, -0.25) is 0 Å². The van der Waals surface area contributed by atoms with E-state index in [0.717, 1.165) is 37.6 Å². The lowest BCUT2D eigenvalue weighted by Gasteiger charge is -2.36. The van der Waals surface area contributed by atoms with Crippen LogP contribution in [-0.2, 0) is 17.9 Å². The topological polar surface area (TPSA) is 42.0 Å². The molecule has 1 aliphatic heterocycles. The second-order valence-electron chi connectivity index (χ2n) is 7.63. The molecule has 0 aromatic heterocycles. The highest BCUT2D eigenvalue weighted by atomic mass is 19.1. The van der Waals surface area contributed by atoms with Gasteiger partial charge in [-0.15, -0.1) is 0 Å². The van der Waals surface area contributed by atoms with Crippen molar-refractivity contribution < 1.29 is 27.4 Å². The molecule has 1 aliphatic rings. The van der Waals surface area contributed by atoms with Crippen LogP contribution in [0.4, 0.5) is 18.0 Å². The van der Waals surface area contributed by atoms with Gasteiger partial charge in [0.1, 0.15) is 37.3 Å². The third kappa shape index (κ3) is 6.62. The van der Waals surface area contributed by atoms with Crippen molar-refractivity contribution in [3.63, 3.8) is 0 Å². The van der Waals surface area contributed by atoms with Crippen LogP contribution in [0, 0.1) is 11.6 Å². The van der Waals surface area contributed by atoms with Gasteiger partial charge in [-0.05, 0) is 56.7 Å². The van der Waals surface area contributed by atoms with E-state index < -0.39 is 24.4 Å². The molecule has 0 atom stereocenters. The fourth-order valence-electron chi connectivity index (χ4n) is 3.55. The second kappa shape index (κ2) is 11.0. The molecule has 0 bridgehead atoms. The first-order valence-electron chi connectivity index (χ1n) is 10.3. The van der Waals surface area contributed by atoms with Crippen LogP contribution in [-0.4, -0.2) is 55.4 Å². The Kier molecular flexibility index (Phi) is 8.17. The van der Waals surface area contributed by atoms with Crippen molar-refractivity contribution in [2.24, 2.45) is 0 Å². The van der Waals surface area contributed by atoms with Gasteiger partial charge in [-0.2, -0.15) is 0 Å². The van der Waals surface area contributed by atoms with Crippen LogP contribution in [0.25, 0.3) is 0 Å². The van der Waals surface area contributed by atoms with Crippen LogP contribution < -0.4 is 4.74 Å². The quantitative estimate of drug-likeness (QED) is 0.609.